The van der Waals surface area contributed by atoms with Crippen molar-refractivity contribution >= 4 is 0 Å². The number of rotatable bonds is 3. The van der Waals surface area contributed by atoms with Gasteiger partial charge in [0.2, 0.25) is 0 Å². The van der Waals surface area contributed by atoms with Crippen molar-refractivity contribution in [3.05, 3.63) is 0 Å². The summed E-state index contributed by atoms with van der Waals surface area (Å²) in [6, 6.07) is 0. The molecule has 0 aromatic heterocycles. The zero-order valence-electron chi connectivity index (χ0n) is 5.48. The van der Waals surface area contributed by atoms with Gasteiger partial charge in [-0.2, -0.15) is 0 Å². The molecule has 0 unspecified atom stereocenters. The summed E-state index contributed by atoms with van der Waals surface area (Å²) in [5.74, 6) is 0. The van der Waals surface area contributed by atoms with Crippen LogP contribution in [0.25, 0.3) is 0 Å². The van der Waals surface area contributed by atoms with Gasteiger partial charge >= 0.3 is 61.7 Å². The summed E-state index contributed by atoms with van der Waals surface area (Å²) in [6.07, 6.45) is 0. The number of nitrogens with zero attached hydrogens (tertiary/aromatic N) is 1. The maximum atomic E-state index is 3.18. The fourth-order valence-electron chi connectivity index (χ4n) is 0.539. The molecule has 0 aliphatic rings. The van der Waals surface area contributed by atoms with E-state index in [1.54, 1.807) is 0 Å². The van der Waals surface area contributed by atoms with Gasteiger partial charge in [0.25, 0.3) is 0 Å². The Morgan fingerprint density at radius 2 is 1.88 bits per heavy atom. The first-order valence-corrected chi connectivity index (χ1v) is 4.39. The van der Waals surface area contributed by atoms with E-state index in [2.05, 4.69) is 22.9 Å². The van der Waals surface area contributed by atoms with Crippen LogP contribution in [0, 0.1) is 4.20 Å². The normalized spacial score (nSPS) is 9.25. The van der Waals surface area contributed by atoms with Crippen LogP contribution in [0.2, 0.25) is 0 Å². The molecule has 0 saturated heterocycles. The van der Waals surface area contributed by atoms with E-state index in [1.165, 1.54) is 19.2 Å². The first-order valence-electron chi connectivity index (χ1n) is 2.92. The van der Waals surface area contributed by atoms with Gasteiger partial charge in [-0.05, 0) is 0 Å². The van der Waals surface area contributed by atoms with E-state index in [-0.39, 0.29) is 0 Å². The van der Waals surface area contributed by atoms with Gasteiger partial charge in [0.15, 0.2) is 0 Å². The van der Waals surface area contributed by atoms with E-state index in [0.717, 1.165) is 19.6 Å². The molecule has 0 aromatic carbocycles. The molecular formula is C6H12NW+. The maximum absolute atomic E-state index is 3.18. The van der Waals surface area contributed by atoms with Gasteiger partial charge in [0.1, 0.15) is 0 Å². The average Bonchev–Trinajstić information content (AvgIpc) is 1.83. The fraction of sp³-hybridized carbons (Fsp3) is 0.833. The molecular weight excluding hydrogens is 270 g/mol. The molecule has 0 saturated carbocycles. The summed E-state index contributed by atoms with van der Waals surface area (Å²) in [6.45, 7) is 7.70. The van der Waals surface area contributed by atoms with Crippen LogP contribution in [0.1, 0.15) is 13.8 Å². The van der Waals surface area contributed by atoms with Gasteiger partial charge < -0.3 is 0 Å². The molecule has 0 aliphatic heterocycles. The van der Waals surface area contributed by atoms with Crippen LogP contribution in [0.4, 0.5) is 0 Å². The van der Waals surface area contributed by atoms with Crippen molar-refractivity contribution in [1.29, 1.82) is 0 Å². The quantitative estimate of drug-likeness (QED) is 0.741. The molecule has 0 N–H and O–H groups in total. The van der Waals surface area contributed by atoms with Crippen LogP contribution in [0.5, 0.6) is 0 Å². The van der Waals surface area contributed by atoms with E-state index in [4.69, 9.17) is 0 Å². The molecule has 0 rings (SSSR count). The van der Waals surface area contributed by atoms with E-state index in [9.17, 15) is 0 Å². The van der Waals surface area contributed by atoms with Gasteiger partial charge in [-0.1, -0.05) is 0 Å². The van der Waals surface area contributed by atoms with Crippen molar-refractivity contribution in [3.8, 4) is 4.20 Å². The summed E-state index contributed by atoms with van der Waals surface area (Å²) in [5, 5.41) is 0. The van der Waals surface area contributed by atoms with E-state index < -0.39 is 0 Å². The molecule has 0 aliphatic carbocycles. The Kier molecular flexibility index (Phi) is 5.86. The predicted molar refractivity (Wildman–Crippen MR) is 31.7 cm³/mol. The van der Waals surface area contributed by atoms with Crippen molar-refractivity contribution in [2.24, 2.45) is 0 Å². The second-order valence-electron chi connectivity index (χ2n) is 1.61. The average molecular weight is 282 g/mol. The standard InChI is InChI=1S/C6H12N.W/c1-4-7(5-2)6-3;/h4-6H2,1-2H3;/q;+1. The van der Waals surface area contributed by atoms with Gasteiger partial charge in [-0.25, -0.2) is 0 Å². The van der Waals surface area contributed by atoms with Gasteiger partial charge in [-0.15, -0.1) is 0 Å². The van der Waals surface area contributed by atoms with Crippen LogP contribution in [0.15, 0.2) is 0 Å². The van der Waals surface area contributed by atoms with Crippen molar-refractivity contribution in [2.45, 2.75) is 13.8 Å². The van der Waals surface area contributed by atoms with Gasteiger partial charge in [-0.3, -0.25) is 0 Å². The van der Waals surface area contributed by atoms with Crippen molar-refractivity contribution < 1.29 is 19.2 Å². The third-order valence-electron chi connectivity index (χ3n) is 1.18. The Morgan fingerprint density at radius 3 is 2.00 bits per heavy atom. The molecule has 0 spiro atoms. The zero-order chi connectivity index (χ0) is 6.41. The zero-order valence-corrected chi connectivity index (χ0v) is 8.41. The van der Waals surface area contributed by atoms with Gasteiger partial charge in [0.05, 0.1) is 0 Å². The Morgan fingerprint density at radius 1 is 1.38 bits per heavy atom. The fourth-order valence-corrected chi connectivity index (χ4v) is 1.19. The van der Waals surface area contributed by atoms with Crippen molar-refractivity contribution in [3.63, 3.8) is 0 Å². The van der Waals surface area contributed by atoms with Crippen LogP contribution < -0.4 is 0 Å². The van der Waals surface area contributed by atoms with Crippen LogP contribution in [0.3, 0.4) is 0 Å². The third-order valence-corrected chi connectivity index (χ3v) is 1.65. The molecule has 0 atom stereocenters. The molecule has 0 fully saturated rings. The van der Waals surface area contributed by atoms with Gasteiger partial charge in [0, 0.05) is 0 Å². The first kappa shape index (κ1) is 8.43. The molecule has 0 aromatic rings. The SMILES string of the molecule is CCN(CC)C[C]#[W+]. The van der Waals surface area contributed by atoms with Crippen LogP contribution in [-0.4, -0.2) is 24.5 Å². The van der Waals surface area contributed by atoms with E-state index in [1.807, 2.05) is 0 Å². The van der Waals surface area contributed by atoms with Crippen molar-refractivity contribution in [2.75, 3.05) is 19.6 Å². The summed E-state index contributed by atoms with van der Waals surface area (Å²) < 4.78 is 3.18. The second kappa shape index (κ2) is 5.56. The predicted octanol–water partition coefficient (Wildman–Crippen LogP) is 0.834. The molecule has 0 bridgehead atoms. The monoisotopic (exact) mass is 282 g/mol. The third kappa shape index (κ3) is 3.43. The minimum atomic E-state index is 1.04. The topological polar surface area (TPSA) is 3.24 Å². The summed E-state index contributed by atoms with van der Waals surface area (Å²) >= 11 is 1.45. The van der Waals surface area contributed by atoms with E-state index >= 15 is 0 Å². The summed E-state index contributed by atoms with van der Waals surface area (Å²) in [4.78, 5) is 2.34. The molecule has 0 amide bonds. The summed E-state index contributed by atoms with van der Waals surface area (Å²) in [7, 11) is 0. The second-order valence-corrected chi connectivity index (χ2v) is 2.64. The molecule has 46 valence electrons. The van der Waals surface area contributed by atoms with Crippen LogP contribution in [-0.2, 0) is 19.2 Å². The number of hydrogen-bond acceptors (Lipinski definition) is 1. The molecule has 0 heterocycles. The molecule has 1 nitrogen and oxygen atoms in total. The molecule has 8 heavy (non-hydrogen) atoms. The van der Waals surface area contributed by atoms with E-state index in [0.29, 0.717) is 0 Å². The summed E-state index contributed by atoms with van der Waals surface area (Å²) in [5.41, 5.74) is 0. The Bertz CT molecular complexity index is 81.0. The minimum absolute atomic E-state index is 1.04. The molecule has 2 heteroatoms. The van der Waals surface area contributed by atoms with Crippen LogP contribution >= 0.6 is 0 Å². The Labute approximate surface area is 62.1 Å². The van der Waals surface area contributed by atoms with Crippen molar-refractivity contribution in [1.82, 2.24) is 4.90 Å². The number of hydrogen-bond donors (Lipinski definition) is 0. The first-order chi connectivity index (χ1) is 3.85. The Hall–Kier alpha value is 0.428. The Balaban J connectivity index is 3.25. The molecule has 0 radical (unpaired) electrons.